The molecule has 1 fully saturated rings. The average molecular weight is 370 g/mol. The van der Waals surface area contributed by atoms with E-state index in [1.165, 1.54) is 6.07 Å². The summed E-state index contributed by atoms with van der Waals surface area (Å²) in [5.41, 5.74) is -1.53. The largest absolute Gasteiger partial charge is 0.419 e. The summed E-state index contributed by atoms with van der Waals surface area (Å²) in [6.45, 7) is 0.779. The van der Waals surface area contributed by atoms with Gasteiger partial charge in [-0.15, -0.1) is 0 Å². The summed E-state index contributed by atoms with van der Waals surface area (Å²) < 4.78 is 54.0. The van der Waals surface area contributed by atoms with Gasteiger partial charge in [0, 0.05) is 31.0 Å². The van der Waals surface area contributed by atoms with Gasteiger partial charge in [0.15, 0.2) is 0 Å². The zero-order chi connectivity index (χ0) is 18.7. The molecule has 1 aliphatic heterocycles. The molecular formula is C17H18F4N4O. The van der Waals surface area contributed by atoms with Crippen molar-refractivity contribution in [3.63, 3.8) is 0 Å². The summed E-state index contributed by atoms with van der Waals surface area (Å²) in [5, 5.41) is 6.63. The monoisotopic (exact) mass is 370 g/mol. The molecule has 1 aromatic carbocycles. The highest BCUT2D eigenvalue weighted by Gasteiger charge is 2.35. The van der Waals surface area contributed by atoms with Gasteiger partial charge in [-0.25, -0.2) is 9.18 Å². The van der Waals surface area contributed by atoms with Crippen LogP contribution in [-0.4, -0.2) is 33.3 Å². The number of carbonyl (C=O) groups is 1. The van der Waals surface area contributed by atoms with Crippen molar-refractivity contribution in [1.29, 1.82) is 0 Å². The third-order valence-electron chi connectivity index (χ3n) is 4.41. The Morgan fingerprint density at radius 3 is 2.81 bits per heavy atom. The Balaban J connectivity index is 1.63. The smallest absolute Gasteiger partial charge is 0.334 e. The lowest BCUT2D eigenvalue weighted by Gasteiger charge is -2.25. The predicted molar refractivity (Wildman–Crippen MR) is 85.6 cm³/mol. The Morgan fingerprint density at radius 1 is 1.31 bits per heavy atom. The van der Waals surface area contributed by atoms with E-state index >= 15 is 0 Å². The first kappa shape index (κ1) is 18.2. The maximum atomic E-state index is 14.0. The normalized spacial score (nSPS) is 17.5. The predicted octanol–water partition coefficient (Wildman–Crippen LogP) is 3.42. The number of halogens is 4. The van der Waals surface area contributed by atoms with Crippen molar-refractivity contribution in [3.8, 4) is 0 Å². The third kappa shape index (κ3) is 3.97. The van der Waals surface area contributed by atoms with Gasteiger partial charge in [-0.05, 0) is 25.0 Å². The molecule has 1 saturated heterocycles. The lowest BCUT2D eigenvalue weighted by molar-refractivity contribution is -0.140. The third-order valence-corrected chi connectivity index (χ3v) is 4.41. The first-order chi connectivity index (χ1) is 12.4. The number of alkyl halides is 3. The fourth-order valence-electron chi connectivity index (χ4n) is 3.12. The van der Waals surface area contributed by atoms with E-state index in [1.54, 1.807) is 28.0 Å². The van der Waals surface area contributed by atoms with E-state index in [1.807, 2.05) is 0 Å². The van der Waals surface area contributed by atoms with Crippen LogP contribution in [-0.2, 0) is 19.3 Å². The minimum absolute atomic E-state index is 0.0544. The summed E-state index contributed by atoms with van der Waals surface area (Å²) in [5.74, 6) is -1.35. The van der Waals surface area contributed by atoms with Gasteiger partial charge in [0.25, 0.3) is 0 Å². The van der Waals surface area contributed by atoms with E-state index in [4.69, 9.17) is 0 Å². The fourth-order valence-corrected chi connectivity index (χ4v) is 3.12. The van der Waals surface area contributed by atoms with Crippen molar-refractivity contribution < 1.29 is 22.4 Å². The highest BCUT2D eigenvalue weighted by atomic mass is 19.4. The van der Waals surface area contributed by atoms with Crippen LogP contribution in [0.25, 0.3) is 0 Å². The summed E-state index contributed by atoms with van der Waals surface area (Å²) in [4.78, 5) is 14.0. The molecule has 2 heterocycles. The maximum absolute atomic E-state index is 14.0. The number of carbonyl (C=O) groups excluding carboxylic acids is 1. The van der Waals surface area contributed by atoms with Crippen molar-refractivity contribution in [3.05, 3.63) is 53.6 Å². The molecule has 0 unspecified atom stereocenters. The Kier molecular flexibility index (Phi) is 5.15. The quantitative estimate of drug-likeness (QED) is 0.839. The number of benzene rings is 1. The summed E-state index contributed by atoms with van der Waals surface area (Å²) in [7, 11) is 0. The van der Waals surface area contributed by atoms with E-state index in [0.29, 0.717) is 19.2 Å². The van der Waals surface area contributed by atoms with Crippen molar-refractivity contribution in [2.24, 2.45) is 0 Å². The van der Waals surface area contributed by atoms with E-state index in [0.717, 1.165) is 18.9 Å². The van der Waals surface area contributed by atoms with Crippen LogP contribution < -0.4 is 5.32 Å². The number of likely N-dealkylation sites (tertiary alicyclic amines) is 1. The molecule has 2 aromatic rings. The van der Waals surface area contributed by atoms with Crippen LogP contribution in [0.4, 0.5) is 22.4 Å². The zero-order valence-corrected chi connectivity index (χ0v) is 13.8. The first-order valence-electron chi connectivity index (χ1n) is 8.22. The minimum atomic E-state index is -4.77. The SMILES string of the molecule is O=C(NCc1cccc(C(F)(F)F)c1F)N1CCC[C@H]1Cn1cccn1. The molecule has 26 heavy (non-hydrogen) atoms. The van der Waals surface area contributed by atoms with Crippen LogP contribution in [0.2, 0.25) is 0 Å². The van der Waals surface area contributed by atoms with Crippen molar-refractivity contribution >= 4 is 6.03 Å². The second-order valence-electron chi connectivity index (χ2n) is 6.15. The molecule has 0 spiro atoms. The van der Waals surface area contributed by atoms with Crippen LogP contribution in [0.5, 0.6) is 0 Å². The van der Waals surface area contributed by atoms with Crippen molar-refractivity contribution in [2.45, 2.75) is 38.1 Å². The Hall–Kier alpha value is -2.58. The minimum Gasteiger partial charge on any atom is -0.334 e. The Labute approximate surface area is 147 Å². The number of nitrogens with zero attached hydrogens (tertiary/aromatic N) is 3. The van der Waals surface area contributed by atoms with Gasteiger partial charge in [0.1, 0.15) is 5.82 Å². The number of urea groups is 1. The lowest BCUT2D eigenvalue weighted by atomic mass is 10.1. The zero-order valence-electron chi connectivity index (χ0n) is 13.8. The number of amides is 2. The number of nitrogens with one attached hydrogen (secondary N) is 1. The van der Waals surface area contributed by atoms with Crippen molar-refractivity contribution in [2.75, 3.05) is 6.54 Å². The van der Waals surface area contributed by atoms with Crippen LogP contribution in [0.1, 0.15) is 24.0 Å². The number of aromatic nitrogens is 2. The number of hydrogen-bond donors (Lipinski definition) is 1. The highest BCUT2D eigenvalue weighted by Crippen LogP contribution is 2.32. The Morgan fingerprint density at radius 2 is 2.12 bits per heavy atom. The molecule has 1 aromatic heterocycles. The second-order valence-corrected chi connectivity index (χ2v) is 6.15. The molecule has 9 heteroatoms. The van der Waals surface area contributed by atoms with E-state index < -0.39 is 23.6 Å². The molecule has 1 aliphatic rings. The standard InChI is InChI=1S/C17H18F4N4O/c18-15-12(4-1-6-14(15)17(19,20)21)10-22-16(26)25-9-2-5-13(25)11-24-8-3-7-23-24/h1,3-4,6-8,13H,2,5,9-11H2,(H,22,26)/t13-/m0/s1. The fraction of sp³-hybridized carbons (Fsp3) is 0.412. The van der Waals surface area contributed by atoms with Gasteiger partial charge in [-0.1, -0.05) is 12.1 Å². The second kappa shape index (κ2) is 7.35. The van der Waals surface area contributed by atoms with Crippen LogP contribution in [0, 0.1) is 5.82 Å². The molecule has 1 atom stereocenters. The maximum Gasteiger partial charge on any atom is 0.419 e. The summed E-state index contributed by atoms with van der Waals surface area (Å²) in [6.07, 6.45) is 0.318. The lowest BCUT2D eigenvalue weighted by Crippen LogP contribution is -2.44. The average Bonchev–Trinajstić information content (AvgIpc) is 3.25. The van der Waals surface area contributed by atoms with Gasteiger partial charge in [-0.2, -0.15) is 18.3 Å². The van der Waals surface area contributed by atoms with E-state index in [9.17, 15) is 22.4 Å². The topological polar surface area (TPSA) is 50.2 Å². The molecule has 140 valence electrons. The molecule has 0 radical (unpaired) electrons. The molecule has 0 bridgehead atoms. The molecule has 0 saturated carbocycles. The van der Waals surface area contributed by atoms with E-state index in [-0.39, 0.29) is 18.2 Å². The van der Waals surface area contributed by atoms with E-state index in [2.05, 4.69) is 10.4 Å². The molecule has 2 amide bonds. The molecule has 0 aliphatic carbocycles. The highest BCUT2D eigenvalue weighted by molar-refractivity contribution is 5.74. The molecule has 1 N–H and O–H groups in total. The Bertz CT molecular complexity index is 761. The van der Waals surface area contributed by atoms with Gasteiger partial charge in [-0.3, -0.25) is 4.68 Å². The molecule has 3 rings (SSSR count). The van der Waals surface area contributed by atoms with Crippen molar-refractivity contribution in [1.82, 2.24) is 20.0 Å². The van der Waals surface area contributed by atoms with Crippen LogP contribution in [0.15, 0.2) is 36.7 Å². The van der Waals surface area contributed by atoms with Gasteiger partial charge in [0.2, 0.25) is 0 Å². The van der Waals surface area contributed by atoms with Crippen LogP contribution >= 0.6 is 0 Å². The molecule has 5 nitrogen and oxygen atoms in total. The van der Waals surface area contributed by atoms with Gasteiger partial charge >= 0.3 is 12.2 Å². The van der Waals surface area contributed by atoms with Gasteiger partial charge < -0.3 is 10.2 Å². The summed E-state index contributed by atoms with van der Waals surface area (Å²) >= 11 is 0. The number of hydrogen-bond acceptors (Lipinski definition) is 2. The molecular weight excluding hydrogens is 352 g/mol. The summed E-state index contributed by atoms with van der Waals surface area (Å²) in [6, 6.07) is 4.36. The van der Waals surface area contributed by atoms with Gasteiger partial charge in [0.05, 0.1) is 18.2 Å². The number of rotatable bonds is 4. The van der Waals surface area contributed by atoms with Crippen LogP contribution in [0.3, 0.4) is 0 Å². The first-order valence-corrected chi connectivity index (χ1v) is 8.22.